The van der Waals surface area contributed by atoms with Crippen LogP contribution in [-0.4, -0.2) is 29.0 Å². The van der Waals surface area contributed by atoms with Gasteiger partial charge >= 0.3 is 0 Å². The molecule has 0 heterocycles. The van der Waals surface area contributed by atoms with Gasteiger partial charge in [0.15, 0.2) is 0 Å². The van der Waals surface area contributed by atoms with E-state index in [1.807, 2.05) is 31.2 Å². The zero-order chi connectivity index (χ0) is 12.9. The van der Waals surface area contributed by atoms with Crippen LogP contribution in [0.15, 0.2) is 28.7 Å². The van der Waals surface area contributed by atoms with Crippen LogP contribution >= 0.6 is 15.9 Å². The zero-order valence-corrected chi connectivity index (χ0v) is 11.9. The van der Waals surface area contributed by atoms with Crippen LogP contribution in [0, 0.1) is 0 Å². The summed E-state index contributed by atoms with van der Waals surface area (Å²) in [6.07, 6.45) is 0.900. The molecule has 3 N–H and O–H groups in total. The van der Waals surface area contributed by atoms with Gasteiger partial charge in [0, 0.05) is 10.5 Å². The third-order valence-electron chi connectivity index (χ3n) is 2.90. The van der Waals surface area contributed by atoms with Crippen LogP contribution in [0.1, 0.15) is 31.9 Å². The van der Waals surface area contributed by atoms with Gasteiger partial charge in [0.05, 0.1) is 18.8 Å². The lowest BCUT2D eigenvalue weighted by Gasteiger charge is -2.32. The second-order valence-corrected chi connectivity index (χ2v) is 5.45. The molecule has 1 unspecified atom stereocenters. The van der Waals surface area contributed by atoms with Crippen molar-refractivity contribution in [3.05, 3.63) is 34.3 Å². The van der Waals surface area contributed by atoms with Crippen molar-refractivity contribution in [3.63, 3.8) is 0 Å². The minimum atomic E-state index is -0.645. The van der Waals surface area contributed by atoms with Gasteiger partial charge in [-0.15, -0.1) is 0 Å². The van der Waals surface area contributed by atoms with E-state index < -0.39 is 5.54 Å². The molecule has 0 saturated carbocycles. The summed E-state index contributed by atoms with van der Waals surface area (Å²) in [7, 11) is 0. The lowest BCUT2D eigenvalue weighted by Crippen LogP contribution is -2.50. The van der Waals surface area contributed by atoms with Gasteiger partial charge in [-0.05, 0) is 31.0 Å². The quantitative estimate of drug-likeness (QED) is 0.755. The van der Waals surface area contributed by atoms with Crippen LogP contribution in [0.2, 0.25) is 0 Å². The van der Waals surface area contributed by atoms with E-state index in [0.717, 1.165) is 16.5 Å². The second-order valence-electron chi connectivity index (χ2n) is 4.53. The molecule has 0 aliphatic heterocycles. The normalized spacial score (nSPS) is 13.7. The maximum Gasteiger partial charge on any atom is 0.0633 e. The summed E-state index contributed by atoms with van der Waals surface area (Å²) in [6.45, 7) is 3.72. The molecule has 0 saturated heterocycles. The van der Waals surface area contributed by atoms with Crippen LogP contribution in [0.25, 0.3) is 0 Å². The third kappa shape index (κ3) is 4.07. The molecule has 0 aliphatic rings. The Hall–Kier alpha value is -0.420. The molecule has 1 aromatic rings. The van der Waals surface area contributed by atoms with Crippen LogP contribution in [-0.2, 0) is 0 Å². The fraction of sp³-hybridized carbons (Fsp3) is 0.538. The van der Waals surface area contributed by atoms with Gasteiger partial charge in [0.1, 0.15) is 0 Å². The van der Waals surface area contributed by atoms with E-state index in [4.69, 9.17) is 0 Å². The number of hydrogen-bond acceptors (Lipinski definition) is 3. The molecule has 0 aromatic heterocycles. The van der Waals surface area contributed by atoms with Crippen LogP contribution in [0.4, 0.5) is 0 Å². The molecule has 4 heteroatoms. The molecule has 0 fully saturated rings. The van der Waals surface area contributed by atoms with E-state index in [9.17, 15) is 10.2 Å². The Balaban J connectivity index is 2.81. The summed E-state index contributed by atoms with van der Waals surface area (Å²) in [5, 5.41) is 21.9. The molecule has 0 bridgehead atoms. The predicted molar refractivity (Wildman–Crippen MR) is 72.9 cm³/mol. The van der Waals surface area contributed by atoms with E-state index >= 15 is 0 Å². The molecular formula is C13H20BrNO2. The highest BCUT2D eigenvalue weighted by molar-refractivity contribution is 9.10. The predicted octanol–water partition coefficient (Wildman–Crippen LogP) is 2.23. The lowest BCUT2D eigenvalue weighted by atomic mass is 9.98. The molecule has 1 atom stereocenters. The molecule has 3 nitrogen and oxygen atoms in total. The van der Waals surface area contributed by atoms with Gasteiger partial charge in [-0.1, -0.05) is 35.0 Å². The smallest absolute Gasteiger partial charge is 0.0633 e. The SMILES string of the molecule is CCC(NC(C)(CO)CO)c1ccc(Br)cc1. The highest BCUT2D eigenvalue weighted by atomic mass is 79.9. The monoisotopic (exact) mass is 301 g/mol. The number of rotatable bonds is 6. The summed E-state index contributed by atoms with van der Waals surface area (Å²) >= 11 is 3.40. The average Bonchev–Trinajstić information content (AvgIpc) is 2.37. The molecular weight excluding hydrogens is 282 g/mol. The Morgan fingerprint density at radius 1 is 1.24 bits per heavy atom. The van der Waals surface area contributed by atoms with Crippen molar-refractivity contribution in [2.75, 3.05) is 13.2 Å². The maximum absolute atomic E-state index is 9.29. The lowest BCUT2D eigenvalue weighted by molar-refractivity contribution is 0.0932. The van der Waals surface area contributed by atoms with Crippen molar-refractivity contribution < 1.29 is 10.2 Å². The topological polar surface area (TPSA) is 52.5 Å². The van der Waals surface area contributed by atoms with Crippen molar-refractivity contribution in [1.82, 2.24) is 5.32 Å². The van der Waals surface area contributed by atoms with Gasteiger partial charge in [-0.25, -0.2) is 0 Å². The fourth-order valence-corrected chi connectivity index (χ4v) is 1.94. The van der Waals surface area contributed by atoms with Crippen molar-refractivity contribution in [2.24, 2.45) is 0 Å². The number of aliphatic hydroxyl groups is 2. The Morgan fingerprint density at radius 3 is 2.18 bits per heavy atom. The molecule has 0 spiro atoms. The number of hydrogen-bond donors (Lipinski definition) is 3. The Labute approximate surface area is 111 Å². The van der Waals surface area contributed by atoms with Crippen molar-refractivity contribution >= 4 is 15.9 Å². The number of benzene rings is 1. The molecule has 1 rings (SSSR count). The Kier molecular flexibility index (Phi) is 5.59. The molecule has 0 amide bonds. The summed E-state index contributed by atoms with van der Waals surface area (Å²) in [5.74, 6) is 0. The van der Waals surface area contributed by atoms with E-state index in [1.165, 1.54) is 0 Å². The van der Waals surface area contributed by atoms with Crippen LogP contribution < -0.4 is 5.32 Å². The highest BCUT2D eigenvalue weighted by Gasteiger charge is 2.25. The first-order valence-electron chi connectivity index (χ1n) is 5.79. The van der Waals surface area contributed by atoms with E-state index in [1.54, 1.807) is 0 Å². The Morgan fingerprint density at radius 2 is 1.76 bits per heavy atom. The molecule has 96 valence electrons. The second kappa shape index (κ2) is 6.50. The van der Waals surface area contributed by atoms with Crippen LogP contribution in [0.5, 0.6) is 0 Å². The number of halogens is 1. The highest BCUT2D eigenvalue weighted by Crippen LogP contribution is 2.22. The zero-order valence-electron chi connectivity index (χ0n) is 10.3. The average molecular weight is 302 g/mol. The minimum Gasteiger partial charge on any atom is -0.394 e. The molecule has 17 heavy (non-hydrogen) atoms. The molecule has 0 radical (unpaired) electrons. The molecule has 1 aromatic carbocycles. The van der Waals surface area contributed by atoms with Gasteiger partial charge in [0.2, 0.25) is 0 Å². The summed E-state index contributed by atoms with van der Waals surface area (Å²) in [5.41, 5.74) is 0.511. The van der Waals surface area contributed by atoms with Gasteiger partial charge in [0.25, 0.3) is 0 Å². The van der Waals surface area contributed by atoms with Crippen molar-refractivity contribution in [3.8, 4) is 0 Å². The van der Waals surface area contributed by atoms with Gasteiger partial charge in [-0.2, -0.15) is 0 Å². The summed E-state index contributed by atoms with van der Waals surface area (Å²) in [4.78, 5) is 0. The van der Waals surface area contributed by atoms with E-state index in [-0.39, 0.29) is 19.3 Å². The van der Waals surface area contributed by atoms with Crippen molar-refractivity contribution in [2.45, 2.75) is 31.8 Å². The maximum atomic E-state index is 9.29. The number of aliphatic hydroxyl groups excluding tert-OH is 2. The van der Waals surface area contributed by atoms with Gasteiger partial charge in [-0.3, -0.25) is 0 Å². The Bertz CT molecular complexity index is 336. The summed E-state index contributed by atoms with van der Waals surface area (Å²) < 4.78 is 1.04. The number of nitrogens with one attached hydrogen (secondary N) is 1. The first-order valence-corrected chi connectivity index (χ1v) is 6.59. The van der Waals surface area contributed by atoms with Gasteiger partial charge < -0.3 is 15.5 Å². The fourth-order valence-electron chi connectivity index (χ4n) is 1.68. The standard InChI is InChI=1S/C13H20BrNO2/c1-3-12(15-13(2,8-16)9-17)10-4-6-11(14)7-5-10/h4-7,12,15-17H,3,8-9H2,1-2H3. The largest absolute Gasteiger partial charge is 0.394 e. The van der Waals surface area contributed by atoms with Crippen LogP contribution in [0.3, 0.4) is 0 Å². The third-order valence-corrected chi connectivity index (χ3v) is 3.43. The summed E-state index contributed by atoms with van der Waals surface area (Å²) in [6, 6.07) is 8.21. The van der Waals surface area contributed by atoms with E-state index in [0.29, 0.717) is 0 Å². The molecule has 0 aliphatic carbocycles. The first-order chi connectivity index (χ1) is 8.04. The minimum absolute atomic E-state index is 0.0868. The van der Waals surface area contributed by atoms with Crippen molar-refractivity contribution in [1.29, 1.82) is 0 Å². The first kappa shape index (κ1) is 14.6. The van der Waals surface area contributed by atoms with E-state index in [2.05, 4.69) is 28.2 Å².